The van der Waals surface area contributed by atoms with Crippen LogP contribution in [0.25, 0.3) is 5.65 Å². The Bertz CT molecular complexity index is 600. The second-order valence-electron chi connectivity index (χ2n) is 4.08. The highest BCUT2D eigenvalue weighted by molar-refractivity contribution is 5.52. The summed E-state index contributed by atoms with van der Waals surface area (Å²) in [5, 5.41) is 3.67. The summed E-state index contributed by atoms with van der Waals surface area (Å²) >= 11 is 0. The van der Waals surface area contributed by atoms with E-state index in [9.17, 15) is 13.2 Å². The number of nitrogens with zero attached hydrogens (tertiary/aromatic N) is 3. The third kappa shape index (κ3) is 1.45. The Kier molecular flexibility index (Phi) is 1.90. The molecule has 0 saturated carbocycles. The third-order valence-electron chi connectivity index (χ3n) is 2.91. The van der Waals surface area contributed by atoms with E-state index in [2.05, 4.69) is 10.1 Å². The normalized spacial score (nSPS) is 15.5. The maximum Gasteiger partial charge on any atom is 0.433 e. The van der Waals surface area contributed by atoms with Crippen LogP contribution in [0.2, 0.25) is 0 Å². The molecule has 1 aliphatic rings. The lowest BCUT2D eigenvalue weighted by Crippen LogP contribution is -2.17. The molecule has 4 nitrogen and oxygen atoms in total. The number of hydrogen-bond donors (Lipinski definition) is 1. The van der Waals surface area contributed by atoms with Gasteiger partial charge < -0.3 is 5.73 Å². The van der Waals surface area contributed by atoms with Gasteiger partial charge in [0, 0.05) is 17.3 Å². The minimum Gasteiger partial charge on any atom is -0.382 e. The molecule has 0 radical (unpaired) electrons. The number of anilines is 1. The van der Waals surface area contributed by atoms with E-state index < -0.39 is 11.9 Å². The van der Waals surface area contributed by atoms with Crippen LogP contribution < -0.4 is 5.73 Å². The lowest BCUT2D eigenvalue weighted by Gasteiger charge is -2.13. The van der Waals surface area contributed by atoms with Gasteiger partial charge in [0.2, 0.25) is 0 Å². The van der Waals surface area contributed by atoms with Crippen molar-refractivity contribution in [1.29, 1.82) is 0 Å². The number of nitrogens with two attached hydrogens (primary N) is 1. The topological polar surface area (TPSA) is 56.2 Å². The van der Waals surface area contributed by atoms with E-state index in [0.29, 0.717) is 25.0 Å². The molecule has 0 unspecified atom stereocenters. The number of fused-ring (bicyclic) bond motifs is 2. The monoisotopic (exact) mass is 242 g/mol. The summed E-state index contributed by atoms with van der Waals surface area (Å²) in [4.78, 5) is 4.17. The van der Waals surface area contributed by atoms with Gasteiger partial charge >= 0.3 is 6.18 Å². The van der Waals surface area contributed by atoms with Gasteiger partial charge in [-0.25, -0.2) is 9.50 Å². The minimum atomic E-state index is -4.44. The van der Waals surface area contributed by atoms with Gasteiger partial charge in [-0.3, -0.25) is 0 Å². The van der Waals surface area contributed by atoms with E-state index in [4.69, 9.17) is 5.73 Å². The molecule has 0 aliphatic heterocycles. The largest absolute Gasteiger partial charge is 0.433 e. The Hall–Kier alpha value is -1.79. The van der Waals surface area contributed by atoms with Gasteiger partial charge in [-0.1, -0.05) is 0 Å². The van der Waals surface area contributed by atoms with Crippen molar-refractivity contribution in [1.82, 2.24) is 14.6 Å². The zero-order chi connectivity index (χ0) is 12.2. The Balaban J connectivity index is 2.42. The summed E-state index contributed by atoms with van der Waals surface area (Å²) < 4.78 is 40.0. The fourth-order valence-corrected chi connectivity index (χ4v) is 2.30. The first-order valence-electron chi connectivity index (χ1n) is 5.21. The van der Waals surface area contributed by atoms with Crippen LogP contribution in [0.5, 0.6) is 0 Å². The summed E-state index contributed by atoms with van der Waals surface area (Å²) in [6.45, 7) is 0. The van der Waals surface area contributed by atoms with Gasteiger partial charge in [-0.05, 0) is 19.3 Å². The molecule has 0 aromatic carbocycles. The average Bonchev–Trinajstić information content (AvgIpc) is 2.75. The van der Waals surface area contributed by atoms with Crippen molar-refractivity contribution in [2.45, 2.75) is 25.4 Å². The van der Waals surface area contributed by atoms with E-state index in [1.165, 1.54) is 6.07 Å². The molecule has 7 heteroatoms. The Morgan fingerprint density at radius 1 is 1.29 bits per heavy atom. The predicted octanol–water partition coefficient (Wildman–Crippen LogP) is 1.82. The molecule has 1 aliphatic carbocycles. The summed E-state index contributed by atoms with van der Waals surface area (Å²) in [7, 11) is 0. The predicted molar refractivity (Wildman–Crippen MR) is 54.4 cm³/mol. The van der Waals surface area contributed by atoms with Gasteiger partial charge in [-0.2, -0.15) is 13.2 Å². The van der Waals surface area contributed by atoms with Crippen molar-refractivity contribution in [2.24, 2.45) is 0 Å². The zero-order valence-corrected chi connectivity index (χ0v) is 8.75. The van der Waals surface area contributed by atoms with Crippen LogP contribution in [-0.2, 0) is 19.0 Å². The van der Waals surface area contributed by atoms with Crippen molar-refractivity contribution < 1.29 is 13.2 Å². The maximum atomic E-state index is 13.1. The van der Waals surface area contributed by atoms with Crippen molar-refractivity contribution >= 4 is 11.5 Å². The van der Waals surface area contributed by atoms with Gasteiger partial charge in [0.25, 0.3) is 0 Å². The molecular formula is C10H9F3N4. The summed E-state index contributed by atoms with van der Waals surface area (Å²) in [5.41, 5.74) is 5.63. The fourth-order valence-electron chi connectivity index (χ4n) is 2.30. The number of aromatic nitrogens is 3. The molecule has 2 N–H and O–H groups in total. The Labute approximate surface area is 94.2 Å². The molecule has 17 heavy (non-hydrogen) atoms. The second-order valence-corrected chi connectivity index (χ2v) is 4.08. The van der Waals surface area contributed by atoms with Gasteiger partial charge in [0.05, 0.1) is 0 Å². The first-order valence-corrected chi connectivity index (χ1v) is 5.21. The molecule has 2 aromatic rings. The highest BCUT2D eigenvalue weighted by atomic mass is 19.4. The number of rotatable bonds is 0. The summed E-state index contributed by atoms with van der Waals surface area (Å²) in [5.74, 6) is 0.0478. The molecule has 2 heterocycles. The zero-order valence-electron chi connectivity index (χ0n) is 8.75. The second kappa shape index (κ2) is 3.12. The smallest absolute Gasteiger partial charge is 0.382 e. The van der Waals surface area contributed by atoms with E-state index in [0.717, 1.165) is 4.52 Å². The van der Waals surface area contributed by atoms with E-state index in [1.807, 2.05) is 0 Å². The molecule has 0 saturated heterocycles. The number of nitrogen functional groups attached to an aromatic ring is 1. The van der Waals surface area contributed by atoms with Gasteiger partial charge in [0.15, 0.2) is 11.3 Å². The van der Waals surface area contributed by atoms with Crippen LogP contribution in [-0.4, -0.2) is 14.6 Å². The van der Waals surface area contributed by atoms with Gasteiger partial charge in [0.1, 0.15) is 5.82 Å². The molecule has 0 amide bonds. The fraction of sp³-hybridized carbons (Fsp3) is 0.400. The number of halogens is 3. The Morgan fingerprint density at radius 3 is 2.76 bits per heavy atom. The van der Waals surface area contributed by atoms with Crippen LogP contribution >= 0.6 is 0 Å². The van der Waals surface area contributed by atoms with E-state index >= 15 is 0 Å². The van der Waals surface area contributed by atoms with Crippen molar-refractivity contribution in [2.75, 3.05) is 5.73 Å². The first-order chi connectivity index (χ1) is 7.97. The maximum absolute atomic E-state index is 13.1. The molecule has 0 bridgehead atoms. The summed E-state index contributed by atoms with van der Waals surface area (Å²) in [6.07, 6.45) is -2.75. The average molecular weight is 242 g/mol. The molecule has 2 aromatic heterocycles. The molecule has 0 atom stereocenters. The van der Waals surface area contributed by atoms with Crippen LogP contribution in [0.4, 0.5) is 19.0 Å². The summed E-state index contributed by atoms with van der Waals surface area (Å²) in [6, 6.07) is 1.36. The highest BCUT2D eigenvalue weighted by Crippen LogP contribution is 2.36. The van der Waals surface area contributed by atoms with E-state index in [-0.39, 0.29) is 17.0 Å². The van der Waals surface area contributed by atoms with Crippen LogP contribution in [0.3, 0.4) is 0 Å². The van der Waals surface area contributed by atoms with Crippen LogP contribution in [0.15, 0.2) is 6.07 Å². The molecule has 0 fully saturated rings. The number of hydrogen-bond acceptors (Lipinski definition) is 3. The van der Waals surface area contributed by atoms with Crippen LogP contribution in [0, 0.1) is 0 Å². The minimum absolute atomic E-state index is 0.0478. The molecule has 3 rings (SSSR count). The lowest BCUT2D eigenvalue weighted by atomic mass is 10.1. The van der Waals surface area contributed by atoms with Gasteiger partial charge in [-0.15, -0.1) is 5.10 Å². The van der Waals surface area contributed by atoms with Crippen LogP contribution in [0.1, 0.15) is 23.4 Å². The molecular weight excluding hydrogens is 233 g/mol. The highest BCUT2D eigenvalue weighted by Gasteiger charge is 2.39. The number of aryl methyl sites for hydroxylation is 1. The Morgan fingerprint density at radius 2 is 2.06 bits per heavy atom. The number of alkyl halides is 3. The van der Waals surface area contributed by atoms with E-state index in [1.54, 1.807) is 0 Å². The molecule has 0 spiro atoms. The van der Waals surface area contributed by atoms with Crippen molar-refractivity contribution in [3.8, 4) is 0 Å². The quantitative estimate of drug-likeness (QED) is 0.766. The molecule has 90 valence electrons. The standard InChI is InChI=1S/C10H9F3N4/c11-10(12,13)9-5-2-1-3-6(5)15-8-4-7(14)16-17(8)9/h4H,1-3H2,(H2,14,16). The third-order valence-corrected chi connectivity index (χ3v) is 2.91. The first kappa shape index (κ1) is 10.4. The SMILES string of the molecule is Nc1cc2nc3c(c(C(F)(F)F)n2n1)CCC3. The van der Waals surface area contributed by atoms with Crippen molar-refractivity contribution in [3.63, 3.8) is 0 Å². The lowest BCUT2D eigenvalue weighted by molar-refractivity contribution is -0.143. The van der Waals surface area contributed by atoms with Crippen molar-refractivity contribution in [3.05, 3.63) is 23.0 Å².